The number of nitrogens with one attached hydrogen (secondary N) is 1. The average Bonchev–Trinajstić information content (AvgIpc) is 2.75. The number of ether oxygens (including phenoxy) is 1. The Bertz CT molecular complexity index is 518. The molecule has 1 N–H and O–H groups in total. The van der Waals surface area contributed by atoms with Gasteiger partial charge in [-0.3, -0.25) is 10.00 Å². The van der Waals surface area contributed by atoms with Crippen LogP contribution in [0.5, 0.6) is 0 Å². The zero-order valence-corrected chi connectivity index (χ0v) is 9.81. The molecule has 1 aliphatic rings. The molecule has 0 atom stereocenters. The maximum absolute atomic E-state index is 5.34. The minimum absolute atomic E-state index is 0.803. The van der Waals surface area contributed by atoms with Crippen LogP contribution in [-0.4, -0.2) is 51.4 Å². The minimum Gasteiger partial charge on any atom is -0.379 e. The SMILES string of the molecule is Cc1ncnc2[nH]nc(CN3CCOCC3)c12. The smallest absolute Gasteiger partial charge is 0.159 e. The van der Waals surface area contributed by atoms with E-state index in [1.54, 1.807) is 6.33 Å². The van der Waals surface area contributed by atoms with Crippen LogP contribution < -0.4 is 0 Å². The van der Waals surface area contributed by atoms with Crippen molar-refractivity contribution in [1.82, 2.24) is 25.1 Å². The van der Waals surface area contributed by atoms with E-state index in [2.05, 4.69) is 25.1 Å². The molecule has 0 aromatic carbocycles. The van der Waals surface area contributed by atoms with Gasteiger partial charge < -0.3 is 4.74 Å². The van der Waals surface area contributed by atoms with Crippen molar-refractivity contribution in [3.63, 3.8) is 0 Å². The average molecular weight is 233 g/mol. The fourth-order valence-electron chi connectivity index (χ4n) is 2.17. The number of H-pyrrole nitrogens is 1. The normalized spacial score (nSPS) is 17.7. The highest BCUT2D eigenvalue weighted by Crippen LogP contribution is 2.18. The number of hydrogen-bond donors (Lipinski definition) is 1. The van der Waals surface area contributed by atoms with Gasteiger partial charge >= 0.3 is 0 Å². The van der Waals surface area contributed by atoms with Crippen molar-refractivity contribution in [3.05, 3.63) is 17.7 Å². The van der Waals surface area contributed by atoms with Crippen LogP contribution >= 0.6 is 0 Å². The van der Waals surface area contributed by atoms with Crippen molar-refractivity contribution < 1.29 is 4.74 Å². The van der Waals surface area contributed by atoms with E-state index < -0.39 is 0 Å². The Kier molecular flexibility index (Phi) is 2.74. The van der Waals surface area contributed by atoms with Gasteiger partial charge in [0.15, 0.2) is 5.65 Å². The molecule has 17 heavy (non-hydrogen) atoms. The second kappa shape index (κ2) is 4.38. The number of rotatable bonds is 2. The van der Waals surface area contributed by atoms with E-state index in [0.717, 1.165) is 55.3 Å². The maximum Gasteiger partial charge on any atom is 0.159 e. The molecule has 1 aliphatic heterocycles. The Morgan fingerprint density at radius 2 is 2.18 bits per heavy atom. The van der Waals surface area contributed by atoms with Crippen molar-refractivity contribution >= 4 is 11.0 Å². The second-order valence-corrected chi connectivity index (χ2v) is 4.24. The summed E-state index contributed by atoms with van der Waals surface area (Å²) in [5.41, 5.74) is 2.83. The van der Waals surface area contributed by atoms with E-state index in [-0.39, 0.29) is 0 Å². The highest BCUT2D eigenvalue weighted by atomic mass is 16.5. The van der Waals surface area contributed by atoms with Gasteiger partial charge in [0.25, 0.3) is 0 Å². The lowest BCUT2D eigenvalue weighted by Crippen LogP contribution is -2.35. The summed E-state index contributed by atoms with van der Waals surface area (Å²) < 4.78 is 5.34. The van der Waals surface area contributed by atoms with E-state index in [1.165, 1.54) is 0 Å². The van der Waals surface area contributed by atoms with E-state index in [0.29, 0.717) is 0 Å². The fourth-order valence-corrected chi connectivity index (χ4v) is 2.17. The summed E-state index contributed by atoms with van der Waals surface area (Å²) in [7, 11) is 0. The summed E-state index contributed by atoms with van der Waals surface area (Å²) in [6.45, 7) is 6.35. The van der Waals surface area contributed by atoms with Crippen LogP contribution in [0.1, 0.15) is 11.4 Å². The first-order chi connectivity index (χ1) is 8.34. The first-order valence-electron chi connectivity index (χ1n) is 5.79. The molecular formula is C11H15N5O. The van der Waals surface area contributed by atoms with Gasteiger partial charge in [0.1, 0.15) is 6.33 Å². The third-order valence-corrected chi connectivity index (χ3v) is 3.10. The Morgan fingerprint density at radius 3 is 3.00 bits per heavy atom. The summed E-state index contributed by atoms with van der Waals surface area (Å²) in [6, 6.07) is 0. The van der Waals surface area contributed by atoms with E-state index in [1.807, 2.05) is 6.92 Å². The largest absolute Gasteiger partial charge is 0.379 e. The highest BCUT2D eigenvalue weighted by molar-refractivity contribution is 5.79. The van der Waals surface area contributed by atoms with Crippen LogP contribution in [0.2, 0.25) is 0 Å². The fraction of sp³-hybridized carbons (Fsp3) is 0.545. The Balaban J connectivity index is 1.89. The van der Waals surface area contributed by atoms with Gasteiger partial charge in [0.05, 0.1) is 30.0 Å². The lowest BCUT2D eigenvalue weighted by atomic mass is 10.2. The van der Waals surface area contributed by atoms with Crippen LogP contribution in [0.15, 0.2) is 6.33 Å². The topological polar surface area (TPSA) is 66.9 Å². The number of aromatic amines is 1. The lowest BCUT2D eigenvalue weighted by molar-refractivity contribution is 0.0338. The predicted octanol–water partition coefficient (Wildman–Crippen LogP) is 0.494. The quantitative estimate of drug-likeness (QED) is 0.817. The third kappa shape index (κ3) is 2.01. The molecule has 90 valence electrons. The van der Waals surface area contributed by atoms with Crippen molar-refractivity contribution in [3.8, 4) is 0 Å². The predicted molar refractivity (Wildman–Crippen MR) is 62.5 cm³/mol. The number of hydrogen-bond acceptors (Lipinski definition) is 5. The van der Waals surface area contributed by atoms with Crippen molar-refractivity contribution in [2.75, 3.05) is 26.3 Å². The number of morpholine rings is 1. The maximum atomic E-state index is 5.34. The van der Waals surface area contributed by atoms with Crippen LogP contribution in [0, 0.1) is 6.92 Å². The standard InChI is InChI=1S/C11H15N5O/c1-8-10-9(6-16-2-4-17-5-3-16)14-15-11(10)13-7-12-8/h7H,2-6H2,1H3,(H,12,13,14,15). The summed E-state index contributed by atoms with van der Waals surface area (Å²) in [4.78, 5) is 10.7. The number of aromatic nitrogens is 4. The van der Waals surface area contributed by atoms with Gasteiger partial charge in [0.2, 0.25) is 0 Å². The molecule has 0 aliphatic carbocycles. The molecule has 3 heterocycles. The van der Waals surface area contributed by atoms with Crippen molar-refractivity contribution in [1.29, 1.82) is 0 Å². The molecule has 0 bridgehead atoms. The molecule has 1 fully saturated rings. The molecule has 3 rings (SSSR count). The third-order valence-electron chi connectivity index (χ3n) is 3.10. The molecule has 6 nitrogen and oxygen atoms in total. The first-order valence-corrected chi connectivity index (χ1v) is 5.79. The van der Waals surface area contributed by atoms with E-state index in [9.17, 15) is 0 Å². The van der Waals surface area contributed by atoms with Crippen LogP contribution in [0.3, 0.4) is 0 Å². The molecule has 0 spiro atoms. The van der Waals surface area contributed by atoms with Crippen LogP contribution in [0.4, 0.5) is 0 Å². The first kappa shape index (κ1) is 10.6. The molecule has 0 unspecified atom stereocenters. The second-order valence-electron chi connectivity index (χ2n) is 4.24. The molecule has 2 aromatic rings. The molecular weight excluding hydrogens is 218 g/mol. The molecule has 0 radical (unpaired) electrons. The van der Waals surface area contributed by atoms with Crippen molar-refractivity contribution in [2.45, 2.75) is 13.5 Å². The Hall–Kier alpha value is -1.53. The zero-order valence-electron chi connectivity index (χ0n) is 9.81. The number of aryl methyl sites for hydroxylation is 1. The van der Waals surface area contributed by atoms with Crippen molar-refractivity contribution in [2.24, 2.45) is 0 Å². The Morgan fingerprint density at radius 1 is 1.35 bits per heavy atom. The van der Waals surface area contributed by atoms with Crippen LogP contribution in [0.25, 0.3) is 11.0 Å². The van der Waals surface area contributed by atoms with Crippen LogP contribution in [-0.2, 0) is 11.3 Å². The van der Waals surface area contributed by atoms with Gasteiger partial charge in [-0.2, -0.15) is 5.10 Å². The lowest BCUT2D eigenvalue weighted by Gasteiger charge is -2.25. The molecule has 6 heteroatoms. The zero-order chi connectivity index (χ0) is 11.7. The Labute approximate surface area is 99.0 Å². The monoisotopic (exact) mass is 233 g/mol. The van der Waals surface area contributed by atoms with Gasteiger partial charge in [-0.15, -0.1) is 0 Å². The van der Waals surface area contributed by atoms with Gasteiger partial charge in [-0.05, 0) is 6.92 Å². The molecule has 0 saturated carbocycles. The van der Waals surface area contributed by atoms with E-state index >= 15 is 0 Å². The molecule has 2 aromatic heterocycles. The van der Waals surface area contributed by atoms with Gasteiger partial charge in [-0.1, -0.05) is 0 Å². The summed E-state index contributed by atoms with van der Waals surface area (Å²) in [5.74, 6) is 0. The summed E-state index contributed by atoms with van der Waals surface area (Å²) >= 11 is 0. The number of fused-ring (bicyclic) bond motifs is 1. The summed E-state index contributed by atoms with van der Waals surface area (Å²) in [6.07, 6.45) is 1.56. The van der Waals surface area contributed by atoms with E-state index in [4.69, 9.17) is 4.74 Å². The van der Waals surface area contributed by atoms with Gasteiger partial charge in [0, 0.05) is 19.6 Å². The minimum atomic E-state index is 0.803. The molecule has 1 saturated heterocycles. The highest BCUT2D eigenvalue weighted by Gasteiger charge is 2.16. The van der Waals surface area contributed by atoms with Gasteiger partial charge in [-0.25, -0.2) is 9.97 Å². The molecule has 0 amide bonds. The number of nitrogens with zero attached hydrogens (tertiary/aromatic N) is 4. The summed E-state index contributed by atoms with van der Waals surface area (Å²) in [5, 5.41) is 8.35.